The third kappa shape index (κ3) is 4.74. The second kappa shape index (κ2) is 8.53. The molecule has 1 N–H and O–H groups in total. The molecule has 6 heteroatoms. The summed E-state index contributed by atoms with van der Waals surface area (Å²) in [7, 11) is 0. The van der Waals surface area contributed by atoms with Gasteiger partial charge in [0.05, 0.1) is 11.4 Å². The first-order chi connectivity index (χ1) is 11.4. The smallest absolute Gasteiger partial charge is 0.240 e. The van der Waals surface area contributed by atoms with Gasteiger partial charge in [0, 0.05) is 30.1 Å². The summed E-state index contributed by atoms with van der Waals surface area (Å²) in [5.41, 5.74) is 0.833. The first kappa shape index (κ1) is 18.8. The van der Waals surface area contributed by atoms with Crippen LogP contribution in [-0.4, -0.2) is 54.2 Å². The maximum atomic E-state index is 12.3. The third-order valence-corrected chi connectivity index (χ3v) is 5.18. The predicted octanol–water partition coefficient (Wildman–Crippen LogP) is 2.36. The Morgan fingerprint density at radius 3 is 2.58 bits per heavy atom. The largest absolute Gasteiger partial charge is 0.353 e. The highest BCUT2D eigenvalue weighted by atomic mass is 32.2. The van der Waals surface area contributed by atoms with Crippen molar-refractivity contribution in [2.75, 3.05) is 30.3 Å². The van der Waals surface area contributed by atoms with Crippen molar-refractivity contribution >= 4 is 29.3 Å². The highest BCUT2D eigenvalue weighted by molar-refractivity contribution is 8.00. The predicted molar refractivity (Wildman–Crippen MR) is 99.5 cm³/mol. The normalized spacial score (nSPS) is 14.5. The zero-order valence-corrected chi connectivity index (χ0v) is 15.7. The van der Waals surface area contributed by atoms with Crippen LogP contribution in [0.2, 0.25) is 0 Å². The van der Waals surface area contributed by atoms with E-state index in [0.29, 0.717) is 24.4 Å². The average molecular weight is 350 g/mol. The molecule has 1 aliphatic rings. The number of para-hydroxylation sites is 1. The van der Waals surface area contributed by atoms with Crippen LogP contribution in [-0.2, 0) is 9.59 Å². The fourth-order valence-electron chi connectivity index (χ4n) is 2.96. The van der Waals surface area contributed by atoms with E-state index in [4.69, 9.17) is 0 Å². The lowest BCUT2D eigenvalue weighted by atomic mass is 10.2. The minimum absolute atomic E-state index is 0.0140. The molecular formula is C18H27N3O2S. The topological polar surface area (TPSA) is 52.7 Å². The van der Waals surface area contributed by atoms with Crippen LogP contribution in [0.1, 0.15) is 27.7 Å². The van der Waals surface area contributed by atoms with Crippen LogP contribution in [0.25, 0.3) is 0 Å². The summed E-state index contributed by atoms with van der Waals surface area (Å²) < 4.78 is 0. The lowest BCUT2D eigenvalue weighted by molar-refractivity contribution is -0.123. The molecule has 24 heavy (non-hydrogen) atoms. The van der Waals surface area contributed by atoms with Gasteiger partial charge in [0.25, 0.3) is 0 Å². The van der Waals surface area contributed by atoms with Crippen molar-refractivity contribution < 1.29 is 9.59 Å². The van der Waals surface area contributed by atoms with E-state index < -0.39 is 0 Å². The van der Waals surface area contributed by atoms with Gasteiger partial charge in [-0.3, -0.25) is 14.5 Å². The molecule has 0 spiro atoms. The van der Waals surface area contributed by atoms with E-state index in [2.05, 4.69) is 37.9 Å². The Hall–Kier alpha value is -1.53. The van der Waals surface area contributed by atoms with Crippen molar-refractivity contribution in [2.24, 2.45) is 0 Å². The molecule has 5 nitrogen and oxygen atoms in total. The molecule has 2 rings (SSSR count). The molecular weight excluding hydrogens is 322 g/mol. The van der Waals surface area contributed by atoms with Gasteiger partial charge in [0.2, 0.25) is 11.8 Å². The van der Waals surface area contributed by atoms with E-state index in [9.17, 15) is 9.59 Å². The Morgan fingerprint density at radius 2 is 1.92 bits per heavy atom. The summed E-state index contributed by atoms with van der Waals surface area (Å²) in [4.78, 5) is 29.4. The lowest BCUT2D eigenvalue weighted by Crippen LogP contribution is -2.46. The van der Waals surface area contributed by atoms with Crippen LogP contribution in [0.5, 0.6) is 0 Å². The Kier molecular flexibility index (Phi) is 6.69. The van der Waals surface area contributed by atoms with Gasteiger partial charge in [-0.25, -0.2) is 0 Å². The Bertz CT molecular complexity index is 581. The Morgan fingerprint density at radius 1 is 1.25 bits per heavy atom. The minimum Gasteiger partial charge on any atom is -0.353 e. The molecule has 0 atom stereocenters. The van der Waals surface area contributed by atoms with E-state index in [0.717, 1.165) is 17.1 Å². The summed E-state index contributed by atoms with van der Waals surface area (Å²) in [5.74, 6) is 0.260. The molecule has 0 saturated heterocycles. The van der Waals surface area contributed by atoms with Crippen LogP contribution in [0.4, 0.5) is 5.69 Å². The van der Waals surface area contributed by atoms with Gasteiger partial charge in [-0.2, -0.15) is 0 Å². The molecule has 0 aromatic heterocycles. The van der Waals surface area contributed by atoms with E-state index in [1.807, 2.05) is 24.3 Å². The van der Waals surface area contributed by atoms with Crippen molar-refractivity contribution in [1.29, 1.82) is 0 Å². The number of nitrogens with one attached hydrogen (secondary N) is 1. The molecule has 1 aromatic rings. The first-order valence-electron chi connectivity index (χ1n) is 8.44. The van der Waals surface area contributed by atoms with Crippen molar-refractivity contribution in [2.45, 2.75) is 44.7 Å². The van der Waals surface area contributed by atoms with E-state index >= 15 is 0 Å². The maximum Gasteiger partial charge on any atom is 0.240 e. The molecule has 1 aromatic carbocycles. The number of benzene rings is 1. The van der Waals surface area contributed by atoms with Gasteiger partial charge in [-0.1, -0.05) is 12.1 Å². The van der Waals surface area contributed by atoms with Crippen LogP contribution >= 0.6 is 11.8 Å². The maximum absolute atomic E-state index is 12.3. The van der Waals surface area contributed by atoms with E-state index in [-0.39, 0.29) is 18.4 Å². The molecule has 0 saturated carbocycles. The van der Waals surface area contributed by atoms with Gasteiger partial charge in [0.15, 0.2) is 0 Å². The van der Waals surface area contributed by atoms with Crippen LogP contribution in [0, 0.1) is 0 Å². The number of fused-ring (bicyclic) bond motifs is 1. The summed E-state index contributed by atoms with van der Waals surface area (Å²) in [5, 5.41) is 2.94. The van der Waals surface area contributed by atoms with Gasteiger partial charge in [-0.05, 0) is 39.8 Å². The fraction of sp³-hybridized carbons (Fsp3) is 0.556. The Labute approximate surface area is 148 Å². The highest BCUT2D eigenvalue weighted by Crippen LogP contribution is 2.34. The van der Waals surface area contributed by atoms with Gasteiger partial charge >= 0.3 is 0 Å². The number of rotatable bonds is 7. The number of anilines is 1. The number of hydrogen-bond donors (Lipinski definition) is 1. The molecule has 0 aliphatic carbocycles. The summed E-state index contributed by atoms with van der Waals surface area (Å²) >= 11 is 1.53. The van der Waals surface area contributed by atoms with Crippen LogP contribution in [0.3, 0.4) is 0 Å². The SMILES string of the molecule is CC(C)N(CCNC(=O)CN1C(=O)CSc2ccccc21)C(C)C. The number of nitrogens with zero attached hydrogens (tertiary/aromatic N) is 2. The molecule has 132 valence electrons. The number of carbonyl (C=O) groups excluding carboxylic acids is 2. The second-order valence-corrected chi connectivity index (χ2v) is 7.53. The molecule has 2 amide bonds. The van der Waals surface area contributed by atoms with Crippen LogP contribution in [0.15, 0.2) is 29.2 Å². The minimum atomic E-state index is -0.113. The zero-order chi connectivity index (χ0) is 17.7. The quantitative estimate of drug-likeness (QED) is 0.821. The van der Waals surface area contributed by atoms with Crippen molar-refractivity contribution in [3.8, 4) is 0 Å². The molecule has 0 bridgehead atoms. The van der Waals surface area contributed by atoms with E-state index in [1.165, 1.54) is 11.8 Å². The number of amides is 2. The summed E-state index contributed by atoms with van der Waals surface area (Å²) in [6.45, 7) is 10.1. The highest BCUT2D eigenvalue weighted by Gasteiger charge is 2.26. The fourth-order valence-corrected chi connectivity index (χ4v) is 3.90. The van der Waals surface area contributed by atoms with Crippen molar-refractivity contribution in [3.63, 3.8) is 0 Å². The average Bonchev–Trinajstić information content (AvgIpc) is 2.53. The lowest BCUT2D eigenvalue weighted by Gasteiger charge is -2.31. The molecule has 1 heterocycles. The molecule has 0 unspecified atom stereocenters. The number of carbonyl (C=O) groups is 2. The van der Waals surface area contributed by atoms with Crippen molar-refractivity contribution in [1.82, 2.24) is 10.2 Å². The van der Waals surface area contributed by atoms with Gasteiger partial charge in [0.1, 0.15) is 6.54 Å². The summed E-state index contributed by atoms with van der Waals surface area (Å²) in [6.07, 6.45) is 0. The molecule has 1 aliphatic heterocycles. The van der Waals surface area contributed by atoms with E-state index in [1.54, 1.807) is 4.90 Å². The van der Waals surface area contributed by atoms with Gasteiger partial charge in [-0.15, -0.1) is 11.8 Å². The van der Waals surface area contributed by atoms with Crippen LogP contribution < -0.4 is 10.2 Å². The zero-order valence-electron chi connectivity index (χ0n) is 14.9. The third-order valence-electron chi connectivity index (χ3n) is 4.13. The van der Waals surface area contributed by atoms with Crippen molar-refractivity contribution in [3.05, 3.63) is 24.3 Å². The first-order valence-corrected chi connectivity index (χ1v) is 9.43. The summed E-state index contributed by atoms with van der Waals surface area (Å²) in [6, 6.07) is 8.61. The standard InChI is InChI=1S/C18H27N3O2S/c1-13(2)20(14(3)4)10-9-19-17(22)11-21-15-7-5-6-8-16(15)24-12-18(21)23/h5-8,13-14H,9-12H2,1-4H3,(H,19,22). The number of thioether (sulfide) groups is 1. The number of hydrogen-bond acceptors (Lipinski definition) is 4. The molecule has 0 fully saturated rings. The monoisotopic (exact) mass is 349 g/mol. The second-order valence-electron chi connectivity index (χ2n) is 6.51. The van der Waals surface area contributed by atoms with Gasteiger partial charge < -0.3 is 10.2 Å². The molecule has 0 radical (unpaired) electrons. The Balaban J connectivity index is 1.90.